The van der Waals surface area contributed by atoms with Crippen LogP contribution in [0.1, 0.15) is 22.8 Å². The first-order valence-electron chi connectivity index (χ1n) is 9.24. The van der Waals surface area contributed by atoms with E-state index in [1.165, 1.54) is 0 Å². The van der Waals surface area contributed by atoms with E-state index in [-0.39, 0.29) is 6.61 Å². The molecular weight excluding hydrogens is 408 g/mol. The Morgan fingerprint density at radius 2 is 1.97 bits per heavy atom. The minimum Gasteiger partial charge on any atom is -0.492 e. The summed E-state index contributed by atoms with van der Waals surface area (Å²) in [7, 11) is 0. The summed E-state index contributed by atoms with van der Waals surface area (Å²) in [5.41, 5.74) is 1.87. The highest BCUT2D eigenvalue weighted by atomic mass is 32.2. The van der Waals surface area contributed by atoms with Crippen LogP contribution >= 0.6 is 23.5 Å². The monoisotopic (exact) mass is 430 g/mol. The van der Waals surface area contributed by atoms with Crippen LogP contribution in [0.3, 0.4) is 0 Å². The van der Waals surface area contributed by atoms with E-state index in [1.807, 2.05) is 25.1 Å². The third-order valence-electron chi connectivity index (χ3n) is 3.94. The zero-order chi connectivity index (χ0) is 20.5. The Balaban J connectivity index is 1.56. The molecule has 1 aliphatic heterocycles. The molecule has 0 aromatic heterocycles. The first-order valence-corrected chi connectivity index (χ1v) is 11.2. The van der Waals surface area contributed by atoms with Crippen LogP contribution in [0.4, 0.5) is 5.69 Å². The lowest BCUT2D eigenvalue weighted by atomic mass is 10.1. The molecule has 0 saturated carbocycles. The first kappa shape index (κ1) is 21.3. The molecule has 0 atom stereocenters. The lowest BCUT2D eigenvalue weighted by Gasteiger charge is -2.12. The van der Waals surface area contributed by atoms with E-state index in [0.717, 1.165) is 22.2 Å². The van der Waals surface area contributed by atoms with E-state index in [9.17, 15) is 9.59 Å². The molecule has 0 aliphatic carbocycles. The van der Waals surface area contributed by atoms with E-state index in [4.69, 9.17) is 9.47 Å². The molecule has 0 fully saturated rings. The van der Waals surface area contributed by atoms with Crippen molar-refractivity contribution in [1.82, 2.24) is 0 Å². The fraction of sp³-hybridized carbons (Fsp3) is 0.286. The molecule has 3 rings (SSSR count). The number of aliphatic imine (C=N–C) groups is 1. The van der Waals surface area contributed by atoms with Crippen molar-refractivity contribution in [3.05, 3.63) is 59.7 Å². The third-order valence-corrected chi connectivity index (χ3v) is 6.24. The molecule has 6 nitrogen and oxygen atoms in total. The van der Waals surface area contributed by atoms with Gasteiger partial charge in [-0.2, -0.15) is 0 Å². The van der Waals surface area contributed by atoms with E-state index in [0.29, 0.717) is 29.4 Å². The molecule has 2 aromatic carbocycles. The van der Waals surface area contributed by atoms with Crippen molar-refractivity contribution in [2.45, 2.75) is 12.7 Å². The van der Waals surface area contributed by atoms with Gasteiger partial charge in [0.15, 0.2) is 6.61 Å². The Bertz CT molecular complexity index is 902. The molecule has 1 aliphatic rings. The molecule has 0 spiro atoms. The highest BCUT2D eigenvalue weighted by Gasteiger charge is 2.16. The molecule has 0 bridgehead atoms. The number of hydrogen-bond donors (Lipinski definition) is 1. The lowest BCUT2D eigenvalue weighted by Crippen LogP contribution is -2.21. The van der Waals surface area contributed by atoms with Crippen LogP contribution in [0.5, 0.6) is 5.75 Å². The zero-order valence-corrected chi connectivity index (χ0v) is 17.7. The summed E-state index contributed by atoms with van der Waals surface area (Å²) in [6.07, 6.45) is 0. The topological polar surface area (TPSA) is 77.0 Å². The van der Waals surface area contributed by atoms with Crippen molar-refractivity contribution in [2.75, 3.05) is 30.8 Å². The smallest absolute Gasteiger partial charge is 0.338 e. The fourth-order valence-electron chi connectivity index (χ4n) is 2.63. The van der Waals surface area contributed by atoms with Gasteiger partial charge in [0.05, 0.1) is 24.4 Å². The van der Waals surface area contributed by atoms with Crippen molar-refractivity contribution >= 4 is 45.5 Å². The lowest BCUT2D eigenvalue weighted by molar-refractivity contribution is -0.119. The summed E-state index contributed by atoms with van der Waals surface area (Å²) >= 11 is 3.34. The number of ether oxygens (including phenoxy) is 2. The number of thioether (sulfide) groups is 2. The molecule has 29 heavy (non-hydrogen) atoms. The van der Waals surface area contributed by atoms with Gasteiger partial charge in [0.2, 0.25) is 0 Å². The number of amides is 1. The van der Waals surface area contributed by atoms with E-state index < -0.39 is 11.9 Å². The van der Waals surface area contributed by atoms with Gasteiger partial charge in [-0.1, -0.05) is 53.9 Å². The molecule has 0 radical (unpaired) electrons. The number of nitrogens with zero attached hydrogens (tertiary/aromatic N) is 1. The third kappa shape index (κ3) is 6.27. The zero-order valence-electron chi connectivity index (χ0n) is 16.1. The first-order chi connectivity index (χ1) is 14.2. The second-order valence-electron chi connectivity index (χ2n) is 6.00. The normalized spacial score (nSPS) is 12.9. The minimum atomic E-state index is -0.518. The van der Waals surface area contributed by atoms with E-state index in [2.05, 4.69) is 10.3 Å². The maximum Gasteiger partial charge on any atom is 0.338 e. The number of esters is 1. The maximum atomic E-state index is 12.5. The van der Waals surface area contributed by atoms with Crippen molar-refractivity contribution in [3.8, 4) is 5.75 Å². The van der Waals surface area contributed by atoms with Gasteiger partial charge in [-0.15, -0.1) is 0 Å². The molecule has 152 valence electrons. The Morgan fingerprint density at radius 1 is 1.17 bits per heavy atom. The molecule has 0 unspecified atom stereocenters. The highest BCUT2D eigenvalue weighted by molar-refractivity contribution is 8.38. The van der Waals surface area contributed by atoms with E-state index >= 15 is 0 Å². The number of hydrogen-bond acceptors (Lipinski definition) is 7. The second kappa shape index (κ2) is 10.9. The number of carbonyl (C=O) groups excluding carboxylic acids is 2. The van der Waals surface area contributed by atoms with Gasteiger partial charge in [-0.05, 0) is 30.7 Å². The number of nitrogens with one attached hydrogen (secondary N) is 1. The van der Waals surface area contributed by atoms with Gasteiger partial charge in [0.1, 0.15) is 10.1 Å². The van der Waals surface area contributed by atoms with Gasteiger partial charge in [0.25, 0.3) is 5.91 Å². The quantitative estimate of drug-likeness (QED) is 0.632. The molecular formula is C21H22N2O4S2. The second-order valence-corrected chi connectivity index (χ2v) is 8.30. The van der Waals surface area contributed by atoms with Crippen LogP contribution in [0.15, 0.2) is 53.5 Å². The average Bonchev–Trinajstić information content (AvgIpc) is 3.26. The predicted octanol–water partition coefficient (Wildman–Crippen LogP) is 4.22. The van der Waals surface area contributed by atoms with Crippen LogP contribution in [0.25, 0.3) is 0 Å². The average molecular weight is 431 g/mol. The van der Waals surface area contributed by atoms with Crippen molar-refractivity contribution < 1.29 is 19.1 Å². The van der Waals surface area contributed by atoms with Gasteiger partial charge in [-0.25, -0.2) is 4.79 Å². The van der Waals surface area contributed by atoms with Gasteiger partial charge in [-0.3, -0.25) is 9.79 Å². The van der Waals surface area contributed by atoms with Gasteiger partial charge < -0.3 is 14.8 Å². The number of rotatable bonds is 8. The van der Waals surface area contributed by atoms with Crippen LogP contribution in [-0.2, 0) is 15.3 Å². The molecule has 2 aromatic rings. The Hall–Kier alpha value is -2.45. The molecule has 1 N–H and O–H groups in total. The fourth-order valence-corrected chi connectivity index (χ4v) is 4.65. The molecule has 1 amide bonds. The summed E-state index contributed by atoms with van der Waals surface area (Å²) in [6.45, 7) is 2.83. The summed E-state index contributed by atoms with van der Waals surface area (Å²) in [6, 6.07) is 14.4. The number of para-hydroxylation sites is 2. The van der Waals surface area contributed by atoms with Gasteiger partial charge in [0, 0.05) is 11.5 Å². The molecule has 8 heteroatoms. The summed E-state index contributed by atoms with van der Waals surface area (Å²) in [5, 5.41) is 2.72. The van der Waals surface area contributed by atoms with Crippen LogP contribution < -0.4 is 10.1 Å². The highest BCUT2D eigenvalue weighted by Crippen LogP contribution is 2.27. The van der Waals surface area contributed by atoms with Crippen molar-refractivity contribution in [2.24, 2.45) is 4.99 Å². The number of anilines is 1. The Morgan fingerprint density at radius 3 is 2.76 bits per heavy atom. The summed E-state index contributed by atoms with van der Waals surface area (Å²) < 4.78 is 11.8. The van der Waals surface area contributed by atoms with Crippen LogP contribution in [0, 0.1) is 0 Å². The molecule has 1 heterocycles. The summed E-state index contributed by atoms with van der Waals surface area (Å²) in [4.78, 5) is 29.1. The predicted molar refractivity (Wildman–Crippen MR) is 119 cm³/mol. The van der Waals surface area contributed by atoms with Crippen molar-refractivity contribution in [3.63, 3.8) is 0 Å². The Labute approximate surface area is 178 Å². The van der Waals surface area contributed by atoms with Gasteiger partial charge >= 0.3 is 5.97 Å². The summed E-state index contributed by atoms with van der Waals surface area (Å²) in [5.74, 6) is 1.27. The largest absolute Gasteiger partial charge is 0.492 e. The van der Waals surface area contributed by atoms with Crippen LogP contribution in [-0.4, -0.2) is 41.8 Å². The number of benzene rings is 2. The Kier molecular flexibility index (Phi) is 8.01. The van der Waals surface area contributed by atoms with Crippen LogP contribution in [0.2, 0.25) is 0 Å². The maximum absolute atomic E-state index is 12.5. The van der Waals surface area contributed by atoms with Crippen molar-refractivity contribution in [1.29, 1.82) is 0 Å². The standard InChI is InChI=1S/C21H22N2O4S2/c1-2-26-18-10-6-5-9-17(18)23-19(24)13-27-20(25)16-8-4-3-7-15(16)14-29-21-22-11-12-28-21/h3-10H,2,11-14H2,1H3,(H,23,24). The minimum absolute atomic E-state index is 0.372. The number of carbonyl (C=O) groups is 2. The SMILES string of the molecule is CCOc1ccccc1NC(=O)COC(=O)c1ccccc1CSC1=NCCS1. The van der Waals surface area contributed by atoms with E-state index in [1.54, 1.807) is 53.9 Å². The molecule has 0 saturated heterocycles.